The number of halogens is 2. The minimum Gasteiger partial charge on any atom is -0.497 e. The Hall–Kier alpha value is -1.48. The summed E-state index contributed by atoms with van der Waals surface area (Å²) in [6.07, 6.45) is 0. The average Bonchev–Trinajstić information content (AvgIpc) is 2.64. The van der Waals surface area contributed by atoms with Gasteiger partial charge in [0.2, 0.25) is 10.0 Å². The highest BCUT2D eigenvalue weighted by molar-refractivity contribution is 9.10. The average molecular weight is 459 g/mol. The van der Waals surface area contributed by atoms with Gasteiger partial charge in [-0.15, -0.1) is 0 Å². The van der Waals surface area contributed by atoms with Crippen molar-refractivity contribution in [2.24, 2.45) is 0 Å². The first-order valence-corrected chi connectivity index (χ1v) is 10.9. The van der Waals surface area contributed by atoms with Crippen molar-refractivity contribution >= 4 is 26.0 Å². The monoisotopic (exact) mass is 458 g/mol. The van der Waals surface area contributed by atoms with Crippen molar-refractivity contribution in [3.8, 4) is 5.75 Å². The van der Waals surface area contributed by atoms with Crippen LogP contribution in [0.2, 0.25) is 0 Å². The van der Waals surface area contributed by atoms with Crippen molar-refractivity contribution in [3.63, 3.8) is 0 Å². The van der Waals surface area contributed by atoms with E-state index in [4.69, 9.17) is 4.74 Å². The molecule has 0 saturated heterocycles. The normalized spacial score (nSPS) is 13.0. The van der Waals surface area contributed by atoms with Crippen LogP contribution in [0.1, 0.15) is 25.5 Å². The van der Waals surface area contributed by atoms with Gasteiger partial charge in [-0.3, -0.25) is 4.90 Å². The molecule has 0 radical (unpaired) electrons. The second kappa shape index (κ2) is 9.64. The van der Waals surface area contributed by atoms with Crippen LogP contribution < -0.4 is 9.46 Å². The summed E-state index contributed by atoms with van der Waals surface area (Å²) in [5.41, 5.74) is 0.957. The number of likely N-dealkylation sites (N-methyl/N-ethyl adjacent to an activating group) is 1. The first kappa shape index (κ1) is 21.8. The van der Waals surface area contributed by atoms with E-state index in [9.17, 15) is 12.8 Å². The van der Waals surface area contributed by atoms with Gasteiger partial charge in [0, 0.05) is 17.1 Å². The lowest BCUT2D eigenvalue weighted by Crippen LogP contribution is -2.38. The number of methoxy groups -OCH3 is 1. The van der Waals surface area contributed by atoms with Gasteiger partial charge in [-0.2, -0.15) is 0 Å². The van der Waals surface area contributed by atoms with Crippen molar-refractivity contribution in [2.45, 2.75) is 24.8 Å². The molecule has 0 fully saturated rings. The van der Waals surface area contributed by atoms with E-state index in [0.29, 0.717) is 5.75 Å². The van der Waals surface area contributed by atoms with Crippen LogP contribution in [0.25, 0.3) is 0 Å². The molecule has 0 bridgehead atoms. The molecule has 0 amide bonds. The first-order valence-electron chi connectivity index (χ1n) is 8.65. The molecule has 1 N–H and O–H groups in total. The standard InChI is InChI=1S/C19H24BrFN2O3S/c1-4-23(5-2)18(14-7-6-8-16(11-14)26-3)13-22-27(24,25)19-10-9-15(21)12-17(19)20/h6-12,18,22H,4-5,13H2,1-3H3. The Kier molecular flexibility index (Phi) is 7.79. The Balaban J connectivity index is 2.29. The summed E-state index contributed by atoms with van der Waals surface area (Å²) in [6.45, 7) is 5.77. The fourth-order valence-corrected chi connectivity index (χ4v) is 5.02. The molecule has 0 spiro atoms. The van der Waals surface area contributed by atoms with Gasteiger partial charge < -0.3 is 4.74 Å². The molecule has 2 rings (SSSR count). The van der Waals surface area contributed by atoms with Crippen LogP contribution in [0, 0.1) is 5.82 Å². The van der Waals surface area contributed by atoms with Crippen LogP contribution in [0.5, 0.6) is 5.75 Å². The highest BCUT2D eigenvalue weighted by Gasteiger charge is 2.23. The van der Waals surface area contributed by atoms with E-state index in [1.807, 2.05) is 38.1 Å². The maximum absolute atomic E-state index is 13.3. The largest absolute Gasteiger partial charge is 0.497 e. The minimum absolute atomic E-state index is 0.00726. The van der Waals surface area contributed by atoms with Crippen molar-refractivity contribution in [3.05, 3.63) is 58.3 Å². The van der Waals surface area contributed by atoms with Crippen LogP contribution in [0.3, 0.4) is 0 Å². The number of nitrogens with zero attached hydrogens (tertiary/aromatic N) is 1. The van der Waals surface area contributed by atoms with Crippen LogP contribution >= 0.6 is 15.9 Å². The van der Waals surface area contributed by atoms with Gasteiger partial charge in [0.25, 0.3) is 0 Å². The van der Waals surface area contributed by atoms with E-state index < -0.39 is 15.8 Å². The molecule has 2 aromatic carbocycles. The third kappa shape index (κ3) is 5.51. The molecule has 8 heteroatoms. The quantitative estimate of drug-likeness (QED) is 0.617. The molecule has 0 aliphatic rings. The van der Waals surface area contributed by atoms with Crippen LogP contribution in [-0.2, 0) is 10.0 Å². The molecule has 1 atom stereocenters. The number of rotatable bonds is 9. The predicted octanol–water partition coefficient (Wildman–Crippen LogP) is 3.96. The Morgan fingerprint density at radius 1 is 1.19 bits per heavy atom. The third-order valence-electron chi connectivity index (χ3n) is 4.38. The van der Waals surface area contributed by atoms with Gasteiger partial charge in [-0.25, -0.2) is 17.5 Å². The topological polar surface area (TPSA) is 58.6 Å². The van der Waals surface area contributed by atoms with E-state index in [1.54, 1.807) is 7.11 Å². The first-order chi connectivity index (χ1) is 12.8. The molecule has 0 saturated carbocycles. The summed E-state index contributed by atoms with van der Waals surface area (Å²) >= 11 is 3.12. The van der Waals surface area contributed by atoms with Crippen LogP contribution in [0.15, 0.2) is 51.8 Å². The maximum Gasteiger partial charge on any atom is 0.241 e. The molecule has 0 aromatic heterocycles. The summed E-state index contributed by atoms with van der Waals surface area (Å²) in [4.78, 5) is 2.17. The van der Waals surface area contributed by atoms with Gasteiger partial charge >= 0.3 is 0 Å². The Morgan fingerprint density at radius 2 is 1.89 bits per heavy atom. The zero-order chi connectivity index (χ0) is 20.0. The highest BCUT2D eigenvalue weighted by atomic mass is 79.9. The fraction of sp³-hybridized carbons (Fsp3) is 0.368. The molecule has 0 aliphatic heterocycles. The summed E-state index contributed by atoms with van der Waals surface area (Å²) < 4.78 is 46.9. The number of hydrogen-bond donors (Lipinski definition) is 1. The van der Waals surface area contributed by atoms with Crippen molar-refractivity contribution in [1.82, 2.24) is 9.62 Å². The number of nitrogens with one attached hydrogen (secondary N) is 1. The lowest BCUT2D eigenvalue weighted by molar-refractivity contribution is 0.219. The van der Waals surface area contributed by atoms with Crippen LogP contribution in [0.4, 0.5) is 4.39 Å². The minimum atomic E-state index is -3.80. The number of benzene rings is 2. The van der Waals surface area contributed by atoms with Gasteiger partial charge in [0.05, 0.1) is 12.0 Å². The van der Waals surface area contributed by atoms with E-state index in [1.165, 1.54) is 6.07 Å². The van der Waals surface area contributed by atoms with Gasteiger partial charge in [-0.05, 0) is 64.9 Å². The SMILES string of the molecule is CCN(CC)C(CNS(=O)(=O)c1ccc(F)cc1Br)c1cccc(OC)c1. The smallest absolute Gasteiger partial charge is 0.241 e. The lowest BCUT2D eigenvalue weighted by atomic mass is 10.0. The lowest BCUT2D eigenvalue weighted by Gasteiger charge is -2.30. The van der Waals surface area contributed by atoms with Gasteiger partial charge in [-0.1, -0.05) is 26.0 Å². The molecule has 2 aromatic rings. The van der Waals surface area contributed by atoms with Crippen molar-refractivity contribution < 1.29 is 17.5 Å². The molecular weight excluding hydrogens is 435 g/mol. The Morgan fingerprint density at radius 3 is 2.48 bits per heavy atom. The zero-order valence-corrected chi connectivity index (χ0v) is 18.0. The summed E-state index contributed by atoms with van der Waals surface area (Å²) in [5, 5.41) is 0. The Labute approximate surface area is 168 Å². The summed E-state index contributed by atoms with van der Waals surface area (Å²) in [7, 11) is -2.20. The van der Waals surface area contributed by atoms with E-state index in [2.05, 4.69) is 25.6 Å². The summed E-state index contributed by atoms with van der Waals surface area (Å²) in [6, 6.07) is 10.9. The maximum atomic E-state index is 13.3. The third-order valence-corrected chi connectivity index (χ3v) is 6.78. The molecule has 0 heterocycles. The van der Waals surface area contributed by atoms with E-state index >= 15 is 0 Å². The molecule has 0 aliphatic carbocycles. The van der Waals surface area contributed by atoms with Crippen molar-refractivity contribution in [2.75, 3.05) is 26.7 Å². The zero-order valence-electron chi connectivity index (χ0n) is 15.6. The molecule has 148 valence electrons. The van der Waals surface area contributed by atoms with E-state index in [0.717, 1.165) is 30.8 Å². The molecular formula is C19H24BrFN2O3S. The van der Waals surface area contributed by atoms with Gasteiger partial charge in [0.1, 0.15) is 11.6 Å². The van der Waals surface area contributed by atoms with Gasteiger partial charge in [0.15, 0.2) is 0 Å². The molecule has 27 heavy (non-hydrogen) atoms. The fourth-order valence-electron chi connectivity index (χ4n) is 2.93. The van der Waals surface area contributed by atoms with Crippen molar-refractivity contribution in [1.29, 1.82) is 0 Å². The predicted molar refractivity (Wildman–Crippen MR) is 108 cm³/mol. The summed E-state index contributed by atoms with van der Waals surface area (Å²) in [5.74, 6) is 0.215. The number of hydrogen-bond acceptors (Lipinski definition) is 4. The Bertz CT molecular complexity index is 873. The van der Waals surface area contributed by atoms with Crippen LogP contribution in [-0.4, -0.2) is 40.1 Å². The van der Waals surface area contributed by atoms with E-state index in [-0.39, 0.29) is 22.0 Å². The number of sulfonamides is 1. The second-order valence-corrected chi connectivity index (χ2v) is 8.53. The molecule has 5 nitrogen and oxygen atoms in total. The second-order valence-electron chi connectivity index (χ2n) is 5.94. The number of ether oxygens (including phenoxy) is 1. The highest BCUT2D eigenvalue weighted by Crippen LogP contribution is 2.26. The molecule has 1 unspecified atom stereocenters.